The van der Waals surface area contributed by atoms with E-state index in [1.54, 1.807) is 0 Å². The monoisotopic (exact) mass is 235 g/mol. The maximum atomic E-state index is 5.62. The minimum Gasteiger partial charge on any atom is -0.494 e. The topological polar surface area (TPSA) is 30.5 Å². The maximum absolute atomic E-state index is 5.62. The number of hydrogen-bond donors (Lipinski definition) is 1. The van der Waals surface area contributed by atoms with Crippen LogP contribution in [0.3, 0.4) is 0 Å². The highest BCUT2D eigenvalue weighted by molar-refractivity contribution is 5.48. The van der Waals surface area contributed by atoms with Gasteiger partial charge in [-0.3, -0.25) is 0 Å². The van der Waals surface area contributed by atoms with Crippen LogP contribution in [0.5, 0.6) is 5.75 Å². The van der Waals surface area contributed by atoms with Crippen LogP contribution in [0.1, 0.15) is 26.2 Å². The molecule has 1 aromatic carbocycles. The van der Waals surface area contributed by atoms with Crippen molar-refractivity contribution >= 4 is 5.69 Å². The molecule has 0 unspecified atom stereocenters. The molecule has 0 aliphatic carbocycles. The Morgan fingerprint density at radius 1 is 1.35 bits per heavy atom. The fourth-order valence-electron chi connectivity index (χ4n) is 1.97. The van der Waals surface area contributed by atoms with Crippen molar-refractivity contribution in [3.8, 4) is 5.75 Å². The first-order valence-electron chi connectivity index (χ1n) is 6.45. The lowest BCUT2D eigenvalue weighted by molar-refractivity contribution is 0.0904. The van der Waals surface area contributed by atoms with Crippen LogP contribution in [-0.4, -0.2) is 25.9 Å². The summed E-state index contributed by atoms with van der Waals surface area (Å²) in [7, 11) is 0. The number of benzene rings is 1. The highest BCUT2D eigenvalue weighted by atomic mass is 16.5. The Labute approximate surface area is 103 Å². The lowest BCUT2D eigenvalue weighted by Crippen LogP contribution is -2.27. The highest BCUT2D eigenvalue weighted by Gasteiger charge is 2.13. The predicted octanol–water partition coefficient (Wildman–Crippen LogP) is 3.07. The summed E-state index contributed by atoms with van der Waals surface area (Å²) < 4.78 is 11.0. The van der Waals surface area contributed by atoms with Crippen molar-refractivity contribution in [1.82, 2.24) is 0 Å². The van der Waals surface area contributed by atoms with Gasteiger partial charge in [-0.05, 0) is 31.4 Å². The van der Waals surface area contributed by atoms with Gasteiger partial charge in [-0.25, -0.2) is 0 Å². The van der Waals surface area contributed by atoms with Gasteiger partial charge in [0.25, 0.3) is 0 Å². The first kappa shape index (κ1) is 12.2. The van der Waals surface area contributed by atoms with E-state index in [4.69, 9.17) is 9.47 Å². The minimum absolute atomic E-state index is 0.533. The van der Waals surface area contributed by atoms with Crippen molar-refractivity contribution < 1.29 is 9.47 Å². The van der Waals surface area contributed by atoms with Crippen LogP contribution in [0, 0.1) is 0 Å². The molecule has 0 amide bonds. The highest BCUT2D eigenvalue weighted by Crippen LogP contribution is 2.20. The molecular formula is C14H21NO2. The van der Waals surface area contributed by atoms with Gasteiger partial charge < -0.3 is 14.8 Å². The quantitative estimate of drug-likeness (QED) is 0.850. The number of anilines is 1. The van der Waals surface area contributed by atoms with Crippen molar-refractivity contribution in [2.24, 2.45) is 0 Å². The fourth-order valence-corrected chi connectivity index (χ4v) is 1.97. The molecule has 0 saturated carbocycles. The van der Waals surface area contributed by atoms with Gasteiger partial charge in [-0.2, -0.15) is 0 Å². The van der Waals surface area contributed by atoms with E-state index in [-0.39, 0.29) is 0 Å². The summed E-state index contributed by atoms with van der Waals surface area (Å²) in [5, 5.41) is 3.54. The molecule has 0 atom stereocenters. The largest absolute Gasteiger partial charge is 0.494 e. The van der Waals surface area contributed by atoms with Gasteiger partial charge in [0.15, 0.2) is 0 Å². The summed E-state index contributed by atoms with van der Waals surface area (Å²) >= 11 is 0. The Hall–Kier alpha value is -1.22. The molecule has 94 valence electrons. The molecule has 0 aromatic heterocycles. The number of ether oxygens (including phenoxy) is 2. The van der Waals surface area contributed by atoms with Gasteiger partial charge in [0.1, 0.15) is 5.75 Å². The zero-order valence-electron chi connectivity index (χ0n) is 10.4. The zero-order valence-corrected chi connectivity index (χ0v) is 10.4. The normalized spacial score (nSPS) is 16.8. The molecule has 1 fully saturated rings. The molecule has 0 spiro atoms. The van der Waals surface area contributed by atoms with Gasteiger partial charge in [-0.15, -0.1) is 0 Å². The molecule has 3 nitrogen and oxygen atoms in total. The van der Waals surface area contributed by atoms with Crippen molar-refractivity contribution in [1.29, 1.82) is 0 Å². The summed E-state index contributed by atoms with van der Waals surface area (Å²) in [5.41, 5.74) is 1.14. The lowest BCUT2D eigenvalue weighted by atomic mass is 10.1. The Bertz CT molecular complexity index is 335. The molecular weight excluding hydrogens is 214 g/mol. The molecule has 0 radical (unpaired) electrons. The van der Waals surface area contributed by atoms with Crippen LogP contribution >= 0.6 is 0 Å². The van der Waals surface area contributed by atoms with E-state index in [9.17, 15) is 0 Å². The van der Waals surface area contributed by atoms with E-state index in [0.717, 1.165) is 50.5 Å². The van der Waals surface area contributed by atoms with Crippen LogP contribution in [0.15, 0.2) is 24.3 Å². The molecule has 17 heavy (non-hydrogen) atoms. The van der Waals surface area contributed by atoms with Crippen molar-refractivity contribution in [2.45, 2.75) is 32.2 Å². The van der Waals surface area contributed by atoms with Crippen LogP contribution in [0.4, 0.5) is 5.69 Å². The Morgan fingerprint density at radius 3 is 2.94 bits per heavy atom. The molecule has 2 rings (SSSR count). The summed E-state index contributed by atoms with van der Waals surface area (Å²) in [4.78, 5) is 0. The lowest BCUT2D eigenvalue weighted by Gasteiger charge is -2.24. The average Bonchev–Trinajstić information content (AvgIpc) is 2.38. The molecule has 1 heterocycles. The third-order valence-electron chi connectivity index (χ3n) is 2.90. The first-order chi connectivity index (χ1) is 8.38. The van der Waals surface area contributed by atoms with Crippen LogP contribution < -0.4 is 10.1 Å². The summed E-state index contributed by atoms with van der Waals surface area (Å²) in [6.45, 7) is 4.62. The SMILES string of the molecule is CCCOc1cccc(NC2CCOCC2)c1. The van der Waals surface area contributed by atoms with Crippen LogP contribution in [0.2, 0.25) is 0 Å². The minimum atomic E-state index is 0.533. The second-order valence-electron chi connectivity index (χ2n) is 4.41. The fraction of sp³-hybridized carbons (Fsp3) is 0.571. The van der Waals surface area contributed by atoms with Gasteiger partial charge >= 0.3 is 0 Å². The Morgan fingerprint density at radius 2 is 2.18 bits per heavy atom. The van der Waals surface area contributed by atoms with E-state index in [0.29, 0.717) is 6.04 Å². The number of hydrogen-bond acceptors (Lipinski definition) is 3. The van der Waals surface area contributed by atoms with Crippen LogP contribution in [-0.2, 0) is 4.74 Å². The van der Waals surface area contributed by atoms with Gasteiger partial charge in [0.05, 0.1) is 6.61 Å². The van der Waals surface area contributed by atoms with Gasteiger partial charge in [0.2, 0.25) is 0 Å². The predicted molar refractivity (Wildman–Crippen MR) is 69.7 cm³/mol. The van der Waals surface area contributed by atoms with Gasteiger partial charge in [-0.1, -0.05) is 13.0 Å². The Balaban J connectivity index is 1.90. The smallest absolute Gasteiger partial charge is 0.121 e. The molecule has 1 N–H and O–H groups in total. The molecule has 1 aliphatic rings. The number of rotatable bonds is 5. The molecule has 1 aromatic rings. The van der Waals surface area contributed by atoms with E-state index >= 15 is 0 Å². The number of nitrogens with one attached hydrogen (secondary N) is 1. The standard InChI is InChI=1S/C14H21NO2/c1-2-8-17-14-5-3-4-13(11-14)15-12-6-9-16-10-7-12/h3-5,11-12,15H,2,6-10H2,1H3. The third kappa shape index (κ3) is 3.93. The van der Waals surface area contributed by atoms with E-state index in [1.807, 2.05) is 12.1 Å². The molecule has 0 bridgehead atoms. The van der Waals surface area contributed by atoms with Crippen LogP contribution in [0.25, 0.3) is 0 Å². The molecule has 1 saturated heterocycles. The second-order valence-corrected chi connectivity index (χ2v) is 4.41. The van der Waals surface area contributed by atoms with Crippen molar-refractivity contribution in [3.63, 3.8) is 0 Å². The zero-order chi connectivity index (χ0) is 11.9. The second kappa shape index (κ2) is 6.50. The average molecular weight is 235 g/mol. The summed E-state index contributed by atoms with van der Waals surface area (Å²) in [6, 6.07) is 8.74. The summed E-state index contributed by atoms with van der Waals surface area (Å²) in [6.07, 6.45) is 3.21. The van der Waals surface area contributed by atoms with Crippen molar-refractivity contribution in [2.75, 3.05) is 25.1 Å². The summed E-state index contributed by atoms with van der Waals surface area (Å²) in [5.74, 6) is 0.948. The van der Waals surface area contributed by atoms with E-state index in [2.05, 4.69) is 24.4 Å². The Kier molecular flexibility index (Phi) is 4.68. The third-order valence-corrected chi connectivity index (χ3v) is 2.90. The van der Waals surface area contributed by atoms with Gasteiger partial charge in [0, 0.05) is 31.0 Å². The van der Waals surface area contributed by atoms with Crippen molar-refractivity contribution in [3.05, 3.63) is 24.3 Å². The van der Waals surface area contributed by atoms with E-state index < -0.39 is 0 Å². The first-order valence-corrected chi connectivity index (χ1v) is 6.45. The molecule has 1 aliphatic heterocycles. The van der Waals surface area contributed by atoms with E-state index in [1.165, 1.54) is 0 Å². The maximum Gasteiger partial charge on any atom is 0.121 e. The molecule has 3 heteroatoms.